The van der Waals surface area contributed by atoms with Crippen LogP contribution in [0.4, 0.5) is 5.88 Å². The molecule has 1 unspecified atom stereocenters. The Labute approximate surface area is 124 Å². The molecule has 21 heavy (non-hydrogen) atoms. The van der Waals surface area contributed by atoms with Crippen molar-refractivity contribution in [1.82, 2.24) is 5.16 Å². The van der Waals surface area contributed by atoms with Crippen molar-refractivity contribution in [3.63, 3.8) is 0 Å². The maximum Gasteiger partial charge on any atom is 0.271 e. The summed E-state index contributed by atoms with van der Waals surface area (Å²) in [7, 11) is 0. The number of rotatable bonds is 2. The number of thioether (sulfide) groups is 1. The van der Waals surface area contributed by atoms with Crippen LogP contribution in [0, 0.1) is 0 Å². The maximum absolute atomic E-state index is 12.3. The normalized spacial score (nSPS) is 19.1. The van der Waals surface area contributed by atoms with Crippen LogP contribution in [0.5, 0.6) is 11.5 Å². The molecule has 2 aliphatic heterocycles. The van der Waals surface area contributed by atoms with Crippen LogP contribution in [0.3, 0.4) is 0 Å². The monoisotopic (exact) mass is 304 g/mol. The summed E-state index contributed by atoms with van der Waals surface area (Å²) < 4.78 is 16.4. The van der Waals surface area contributed by atoms with Gasteiger partial charge in [-0.2, -0.15) is 11.8 Å². The number of nitrogens with zero attached hydrogens (tertiary/aromatic N) is 1. The van der Waals surface area contributed by atoms with E-state index in [9.17, 15) is 4.79 Å². The molecule has 2 aliphatic rings. The Bertz CT molecular complexity index is 700. The van der Waals surface area contributed by atoms with Crippen molar-refractivity contribution in [2.75, 3.05) is 11.9 Å². The van der Waals surface area contributed by atoms with Gasteiger partial charge in [0.05, 0.1) is 11.3 Å². The first-order valence-electron chi connectivity index (χ1n) is 6.56. The molecule has 0 spiro atoms. The van der Waals surface area contributed by atoms with Gasteiger partial charge in [-0.05, 0) is 12.1 Å². The fraction of sp³-hybridized carbons (Fsp3) is 0.286. The SMILES string of the molecule is O=C(Nc1onc2c1CSC2)C1COc2ccccc2O1. The van der Waals surface area contributed by atoms with Crippen LogP contribution in [0.15, 0.2) is 28.8 Å². The number of hydrogen-bond acceptors (Lipinski definition) is 6. The van der Waals surface area contributed by atoms with Gasteiger partial charge in [-0.15, -0.1) is 0 Å². The number of hydrogen-bond donors (Lipinski definition) is 1. The molecular formula is C14H12N2O4S. The Morgan fingerprint density at radius 3 is 3.05 bits per heavy atom. The molecular weight excluding hydrogens is 292 g/mol. The van der Waals surface area contributed by atoms with Gasteiger partial charge in [-0.25, -0.2) is 0 Å². The first-order chi connectivity index (χ1) is 10.3. The number of benzene rings is 1. The van der Waals surface area contributed by atoms with E-state index in [2.05, 4.69) is 10.5 Å². The smallest absolute Gasteiger partial charge is 0.271 e. The zero-order chi connectivity index (χ0) is 14.2. The Balaban J connectivity index is 1.49. The zero-order valence-corrected chi connectivity index (χ0v) is 11.8. The van der Waals surface area contributed by atoms with Crippen molar-refractivity contribution in [1.29, 1.82) is 0 Å². The Morgan fingerprint density at radius 2 is 2.14 bits per heavy atom. The molecule has 3 heterocycles. The molecule has 0 saturated heterocycles. The van der Waals surface area contributed by atoms with Crippen LogP contribution in [-0.2, 0) is 16.3 Å². The van der Waals surface area contributed by atoms with Crippen molar-refractivity contribution in [2.24, 2.45) is 0 Å². The van der Waals surface area contributed by atoms with E-state index in [1.165, 1.54) is 0 Å². The fourth-order valence-corrected chi connectivity index (χ4v) is 3.32. The zero-order valence-electron chi connectivity index (χ0n) is 11.0. The van der Waals surface area contributed by atoms with Crippen molar-refractivity contribution in [3.05, 3.63) is 35.5 Å². The Kier molecular flexibility index (Phi) is 2.99. The van der Waals surface area contributed by atoms with Gasteiger partial charge in [0.15, 0.2) is 11.5 Å². The molecule has 0 saturated carbocycles. The molecule has 6 nitrogen and oxygen atoms in total. The molecule has 1 aromatic carbocycles. The van der Waals surface area contributed by atoms with Crippen molar-refractivity contribution < 1.29 is 18.8 Å². The van der Waals surface area contributed by atoms with Crippen LogP contribution in [-0.4, -0.2) is 23.8 Å². The van der Waals surface area contributed by atoms with E-state index >= 15 is 0 Å². The molecule has 1 atom stereocenters. The van der Waals surface area contributed by atoms with Gasteiger partial charge >= 0.3 is 0 Å². The quantitative estimate of drug-likeness (QED) is 0.917. The van der Waals surface area contributed by atoms with E-state index in [1.807, 2.05) is 18.2 Å². The molecule has 0 aliphatic carbocycles. The number of ether oxygens (including phenoxy) is 2. The Morgan fingerprint density at radius 1 is 1.29 bits per heavy atom. The summed E-state index contributed by atoms with van der Waals surface area (Å²) in [4.78, 5) is 12.3. The summed E-state index contributed by atoms with van der Waals surface area (Å²) in [5, 5.41) is 6.68. The standard InChI is InChI=1S/C14H12N2O4S/c17-13(15-14-8-6-21-7-9(8)16-20-14)12-5-18-10-3-1-2-4-11(10)19-12/h1-4,12H,5-7H2,(H,15,17). The van der Waals surface area contributed by atoms with E-state index < -0.39 is 6.10 Å². The molecule has 108 valence electrons. The number of aromatic nitrogens is 1. The predicted octanol–water partition coefficient (Wildman–Crippen LogP) is 2.20. The Hall–Kier alpha value is -2.15. The predicted molar refractivity (Wildman–Crippen MR) is 76.5 cm³/mol. The lowest BCUT2D eigenvalue weighted by Gasteiger charge is -2.25. The molecule has 4 rings (SSSR count). The molecule has 0 fully saturated rings. The third kappa shape index (κ3) is 2.23. The number of anilines is 1. The van der Waals surface area contributed by atoms with Gasteiger partial charge < -0.3 is 14.0 Å². The second kappa shape index (κ2) is 5.00. The lowest BCUT2D eigenvalue weighted by Crippen LogP contribution is -2.40. The number of carbonyl (C=O) groups is 1. The molecule has 0 bridgehead atoms. The van der Waals surface area contributed by atoms with Gasteiger partial charge in [0.1, 0.15) is 6.61 Å². The van der Waals surface area contributed by atoms with Crippen molar-refractivity contribution >= 4 is 23.6 Å². The summed E-state index contributed by atoms with van der Waals surface area (Å²) >= 11 is 1.75. The summed E-state index contributed by atoms with van der Waals surface area (Å²) in [6.45, 7) is 0.175. The molecule has 1 N–H and O–H groups in total. The van der Waals surface area contributed by atoms with Gasteiger partial charge in [0, 0.05) is 11.5 Å². The lowest BCUT2D eigenvalue weighted by molar-refractivity contribution is -0.125. The second-order valence-corrected chi connectivity index (χ2v) is 5.77. The van der Waals surface area contributed by atoms with Gasteiger partial charge in [-0.3, -0.25) is 10.1 Å². The van der Waals surface area contributed by atoms with Crippen LogP contribution in [0.1, 0.15) is 11.3 Å². The third-order valence-corrected chi connectivity index (χ3v) is 4.36. The average Bonchev–Trinajstić information content (AvgIpc) is 3.12. The first kappa shape index (κ1) is 12.6. The largest absolute Gasteiger partial charge is 0.485 e. The highest BCUT2D eigenvalue weighted by Crippen LogP contribution is 2.35. The molecule has 0 radical (unpaired) electrons. The number of fused-ring (bicyclic) bond motifs is 2. The average molecular weight is 304 g/mol. The van der Waals surface area contributed by atoms with Crippen LogP contribution in [0.2, 0.25) is 0 Å². The van der Waals surface area contributed by atoms with E-state index in [0.29, 0.717) is 17.4 Å². The minimum atomic E-state index is -0.699. The van der Waals surface area contributed by atoms with Crippen molar-refractivity contribution in [2.45, 2.75) is 17.6 Å². The fourth-order valence-electron chi connectivity index (χ4n) is 2.29. The summed E-state index contributed by atoms with van der Waals surface area (Å²) in [5.41, 5.74) is 1.87. The van der Waals surface area contributed by atoms with Crippen LogP contribution < -0.4 is 14.8 Å². The maximum atomic E-state index is 12.3. The minimum Gasteiger partial charge on any atom is -0.485 e. The van der Waals surface area contributed by atoms with E-state index in [-0.39, 0.29) is 12.5 Å². The molecule has 1 amide bonds. The summed E-state index contributed by atoms with van der Waals surface area (Å²) in [5.74, 6) is 2.98. The molecule has 1 aromatic heterocycles. The van der Waals surface area contributed by atoms with Crippen LogP contribution >= 0.6 is 11.8 Å². The minimum absolute atomic E-state index is 0.175. The number of nitrogens with one attached hydrogen (secondary N) is 1. The van der Waals surface area contributed by atoms with Gasteiger partial charge in [-0.1, -0.05) is 17.3 Å². The summed E-state index contributed by atoms with van der Waals surface area (Å²) in [6.07, 6.45) is -0.699. The molecule has 7 heteroatoms. The second-order valence-electron chi connectivity index (χ2n) is 4.78. The lowest BCUT2D eigenvalue weighted by atomic mass is 10.2. The van der Waals surface area contributed by atoms with E-state index in [4.69, 9.17) is 14.0 Å². The first-order valence-corrected chi connectivity index (χ1v) is 7.71. The summed E-state index contributed by atoms with van der Waals surface area (Å²) in [6, 6.07) is 7.28. The topological polar surface area (TPSA) is 73.6 Å². The number of carbonyl (C=O) groups excluding carboxylic acids is 1. The van der Waals surface area contributed by atoms with Crippen LogP contribution in [0.25, 0.3) is 0 Å². The number of para-hydroxylation sites is 2. The number of amides is 1. The van der Waals surface area contributed by atoms with E-state index in [0.717, 1.165) is 22.8 Å². The molecule has 2 aromatic rings. The van der Waals surface area contributed by atoms with Crippen molar-refractivity contribution in [3.8, 4) is 11.5 Å². The highest BCUT2D eigenvalue weighted by atomic mass is 32.2. The highest BCUT2D eigenvalue weighted by Gasteiger charge is 2.30. The van der Waals surface area contributed by atoms with Gasteiger partial charge in [0.25, 0.3) is 5.91 Å². The third-order valence-electron chi connectivity index (χ3n) is 3.39. The highest BCUT2D eigenvalue weighted by molar-refractivity contribution is 7.98. The van der Waals surface area contributed by atoms with Gasteiger partial charge in [0.2, 0.25) is 12.0 Å². The van der Waals surface area contributed by atoms with E-state index in [1.54, 1.807) is 17.8 Å².